The van der Waals surface area contributed by atoms with Gasteiger partial charge in [0.15, 0.2) is 0 Å². The molecule has 1 rings (SSSR count). The van der Waals surface area contributed by atoms with Crippen molar-refractivity contribution in [2.75, 3.05) is 11.0 Å². The quantitative estimate of drug-likeness (QED) is 0.838. The van der Waals surface area contributed by atoms with E-state index in [1.54, 1.807) is 24.3 Å². The highest BCUT2D eigenvalue weighted by molar-refractivity contribution is 7.92. The predicted octanol–water partition coefficient (Wildman–Crippen LogP) is 1.98. The number of nitrogens with one attached hydrogen (secondary N) is 2. The maximum Gasteiger partial charge on any atom is 0.251 e. The molecule has 5 nitrogen and oxygen atoms in total. The molecule has 19 heavy (non-hydrogen) atoms. The summed E-state index contributed by atoms with van der Waals surface area (Å²) in [5, 5.41) is 2.89. The standard InChI is InChI=1S/C13H20N2O3S/c1-4-5-10(2)14-13(16)11-6-8-12(9-7-11)15-19(3,17)18/h6-10,15H,4-5H2,1-3H3,(H,14,16)/t10-/m1/s1. The molecule has 0 radical (unpaired) electrons. The van der Waals surface area contributed by atoms with Crippen LogP contribution in [-0.4, -0.2) is 26.6 Å². The molecule has 1 aromatic carbocycles. The predicted molar refractivity (Wildman–Crippen MR) is 76.7 cm³/mol. The second-order valence-electron chi connectivity index (χ2n) is 4.61. The van der Waals surface area contributed by atoms with Crippen LogP contribution in [0.25, 0.3) is 0 Å². The zero-order valence-corrected chi connectivity index (χ0v) is 12.3. The molecule has 0 aliphatic carbocycles. The molecule has 0 heterocycles. The van der Waals surface area contributed by atoms with E-state index in [-0.39, 0.29) is 11.9 Å². The molecule has 1 amide bonds. The summed E-state index contributed by atoms with van der Waals surface area (Å²) in [6.45, 7) is 4.02. The third-order valence-corrected chi connectivity index (χ3v) is 3.16. The molecule has 1 atom stereocenters. The summed E-state index contributed by atoms with van der Waals surface area (Å²) in [6.07, 6.45) is 3.03. The van der Waals surface area contributed by atoms with Gasteiger partial charge in [0.25, 0.3) is 5.91 Å². The summed E-state index contributed by atoms with van der Waals surface area (Å²) in [5.41, 5.74) is 0.961. The molecule has 0 saturated heterocycles. The van der Waals surface area contributed by atoms with E-state index in [0.717, 1.165) is 19.1 Å². The Morgan fingerprint density at radius 3 is 2.32 bits per heavy atom. The topological polar surface area (TPSA) is 75.3 Å². The van der Waals surface area contributed by atoms with Crippen LogP contribution in [0.3, 0.4) is 0 Å². The number of carbonyl (C=O) groups excluding carboxylic acids is 1. The Balaban J connectivity index is 2.68. The van der Waals surface area contributed by atoms with Crippen molar-refractivity contribution < 1.29 is 13.2 Å². The Labute approximate surface area is 114 Å². The Morgan fingerprint density at radius 1 is 1.26 bits per heavy atom. The Morgan fingerprint density at radius 2 is 1.84 bits per heavy atom. The van der Waals surface area contributed by atoms with E-state index in [1.807, 2.05) is 6.92 Å². The number of amides is 1. The first-order valence-corrected chi connectivity index (χ1v) is 8.09. The van der Waals surface area contributed by atoms with E-state index in [0.29, 0.717) is 11.3 Å². The van der Waals surface area contributed by atoms with E-state index in [2.05, 4.69) is 17.0 Å². The van der Waals surface area contributed by atoms with Gasteiger partial charge in [-0.15, -0.1) is 0 Å². The molecule has 0 aromatic heterocycles. The molecule has 0 saturated carbocycles. The maximum atomic E-state index is 11.9. The van der Waals surface area contributed by atoms with Gasteiger partial charge in [-0.1, -0.05) is 13.3 Å². The number of anilines is 1. The largest absolute Gasteiger partial charge is 0.350 e. The molecule has 0 bridgehead atoms. The van der Waals surface area contributed by atoms with Crippen molar-refractivity contribution >= 4 is 21.6 Å². The van der Waals surface area contributed by atoms with Gasteiger partial charge in [0.05, 0.1) is 6.26 Å². The minimum absolute atomic E-state index is 0.131. The number of benzene rings is 1. The number of hydrogen-bond acceptors (Lipinski definition) is 3. The summed E-state index contributed by atoms with van der Waals surface area (Å²) < 4.78 is 24.4. The molecule has 106 valence electrons. The Bertz CT molecular complexity index is 523. The van der Waals surface area contributed by atoms with E-state index < -0.39 is 10.0 Å². The van der Waals surface area contributed by atoms with Crippen LogP contribution in [0.2, 0.25) is 0 Å². The van der Waals surface area contributed by atoms with Gasteiger partial charge in [-0.05, 0) is 37.6 Å². The monoisotopic (exact) mass is 284 g/mol. The first kappa shape index (κ1) is 15.5. The van der Waals surface area contributed by atoms with E-state index >= 15 is 0 Å². The van der Waals surface area contributed by atoms with Gasteiger partial charge in [0.1, 0.15) is 0 Å². The van der Waals surface area contributed by atoms with Crippen LogP contribution >= 0.6 is 0 Å². The van der Waals surface area contributed by atoms with Gasteiger partial charge in [0.2, 0.25) is 10.0 Å². The molecule has 0 unspecified atom stereocenters. The van der Waals surface area contributed by atoms with Gasteiger partial charge in [-0.25, -0.2) is 8.42 Å². The lowest BCUT2D eigenvalue weighted by molar-refractivity contribution is 0.0938. The van der Waals surface area contributed by atoms with Gasteiger partial charge >= 0.3 is 0 Å². The van der Waals surface area contributed by atoms with Crippen molar-refractivity contribution in [2.45, 2.75) is 32.7 Å². The molecule has 0 fully saturated rings. The first-order chi connectivity index (χ1) is 8.81. The molecular formula is C13H20N2O3S. The van der Waals surface area contributed by atoms with Crippen molar-refractivity contribution in [2.24, 2.45) is 0 Å². The van der Waals surface area contributed by atoms with Crippen LogP contribution in [-0.2, 0) is 10.0 Å². The highest BCUT2D eigenvalue weighted by Crippen LogP contribution is 2.11. The zero-order valence-electron chi connectivity index (χ0n) is 11.4. The highest BCUT2D eigenvalue weighted by Gasteiger charge is 2.09. The van der Waals surface area contributed by atoms with Gasteiger partial charge in [-0.3, -0.25) is 9.52 Å². The molecule has 6 heteroatoms. The maximum absolute atomic E-state index is 11.9. The minimum Gasteiger partial charge on any atom is -0.350 e. The fraction of sp³-hybridized carbons (Fsp3) is 0.462. The lowest BCUT2D eigenvalue weighted by Crippen LogP contribution is -2.32. The van der Waals surface area contributed by atoms with Crippen molar-refractivity contribution in [3.63, 3.8) is 0 Å². The van der Waals surface area contributed by atoms with Crippen LogP contribution < -0.4 is 10.0 Å². The zero-order chi connectivity index (χ0) is 14.5. The normalized spacial score (nSPS) is 12.8. The molecule has 0 spiro atoms. The van der Waals surface area contributed by atoms with Crippen LogP contribution in [0.15, 0.2) is 24.3 Å². The van der Waals surface area contributed by atoms with E-state index in [9.17, 15) is 13.2 Å². The number of rotatable bonds is 6. The van der Waals surface area contributed by atoms with Crippen LogP contribution in [0.5, 0.6) is 0 Å². The van der Waals surface area contributed by atoms with Crippen molar-refractivity contribution in [1.82, 2.24) is 5.32 Å². The van der Waals surface area contributed by atoms with Gasteiger partial charge in [0, 0.05) is 17.3 Å². The van der Waals surface area contributed by atoms with Gasteiger partial charge in [-0.2, -0.15) is 0 Å². The second-order valence-corrected chi connectivity index (χ2v) is 6.36. The Kier molecular flexibility index (Phi) is 5.35. The molecule has 1 aromatic rings. The lowest BCUT2D eigenvalue weighted by Gasteiger charge is -2.13. The second kappa shape index (κ2) is 6.56. The van der Waals surface area contributed by atoms with Crippen molar-refractivity contribution in [1.29, 1.82) is 0 Å². The molecule has 2 N–H and O–H groups in total. The van der Waals surface area contributed by atoms with E-state index in [4.69, 9.17) is 0 Å². The smallest absolute Gasteiger partial charge is 0.251 e. The lowest BCUT2D eigenvalue weighted by atomic mass is 10.1. The van der Waals surface area contributed by atoms with Crippen LogP contribution in [0, 0.1) is 0 Å². The van der Waals surface area contributed by atoms with Crippen molar-refractivity contribution in [3.8, 4) is 0 Å². The average molecular weight is 284 g/mol. The Hall–Kier alpha value is -1.56. The third-order valence-electron chi connectivity index (χ3n) is 2.55. The summed E-state index contributed by atoms with van der Waals surface area (Å²) in [4.78, 5) is 11.9. The summed E-state index contributed by atoms with van der Waals surface area (Å²) in [7, 11) is -3.29. The highest BCUT2D eigenvalue weighted by atomic mass is 32.2. The summed E-state index contributed by atoms with van der Waals surface area (Å²) >= 11 is 0. The van der Waals surface area contributed by atoms with Crippen LogP contribution in [0.4, 0.5) is 5.69 Å². The SMILES string of the molecule is CCC[C@@H](C)NC(=O)c1ccc(NS(C)(=O)=O)cc1. The molecular weight excluding hydrogens is 264 g/mol. The fourth-order valence-corrected chi connectivity index (χ4v) is 2.28. The van der Waals surface area contributed by atoms with Crippen LogP contribution in [0.1, 0.15) is 37.0 Å². The fourth-order valence-electron chi connectivity index (χ4n) is 1.72. The minimum atomic E-state index is -3.29. The number of hydrogen-bond donors (Lipinski definition) is 2. The summed E-state index contributed by atoms with van der Waals surface area (Å²) in [5.74, 6) is -0.146. The third kappa shape index (κ3) is 5.74. The van der Waals surface area contributed by atoms with E-state index in [1.165, 1.54) is 0 Å². The molecule has 0 aliphatic rings. The number of carbonyl (C=O) groups is 1. The van der Waals surface area contributed by atoms with Crippen molar-refractivity contribution in [3.05, 3.63) is 29.8 Å². The average Bonchev–Trinajstić information content (AvgIpc) is 2.27. The number of sulfonamides is 1. The summed E-state index contributed by atoms with van der Waals surface area (Å²) in [6, 6.07) is 6.47. The molecule has 0 aliphatic heterocycles. The van der Waals surface area contributed by atoms with Gasteiger partial charge < -0.3 is 5.32 Å². The first-order valence-electron chi connectivity index (χ1n) is 6.20.